The highest BCUT2D eigenvalue weighted by atomic mass is 35.5. The Morgan fingerprint density at radius 2 is 1.65 bits per heavy atom. The van der Waals surface area contributed by atoms with Crippen molar-refractivity contribution in [3.8, 4) is 0 Å². The van der Waals surface area contributed by atoms with E-state index in [1.54, 1.807) is 49.4 Å². The minimum absolute atomic E-state index is 0.309. The Labute approximate surface area is 147 Å². The number of para-hydroxylation sites is 1. The molecule has 7 heteroatoms. The van der Waals surface area contributed by atoms with E-state index in [2.05, 4.69) is 5.32 Å². The highest BCUT2D eigenvalue weighted by Crippen LogP contribution is 2.36. The zero-order valence-corrected chi connectivity index (χ0v) is 14.2. The summed E-state index contributed by atoms with van der Waals surface area (Å²) in [6, 6.07) is 10.9. The lowest BCUT2D eigenvalue weighted by Gasteiger charge is -2.23. The van der Waals surface area contributed by atoms with Crippen molar-refractivity contribution in [1.82, 2.24) is 5.32 Å². The van der Waals surface area contributed by atoms with Crippen LogP contribution in [-0.4, -0.2) is 11.9 Å². The van der Waals surface area contributed by atoms with E-state index in [1.165, 1.54) is 0 Å². The van der Waals surface area contributed by atoms with Gasteiger partial charge in [-0.15, -0.1) is 0 Å². The van der Waals surface area contributed by atoms with Crippen molar-refractivity contribution in [2.24, 2.45) is 0 Å². The number of carbonyl (C=O) groups excluding carboxylic acids is 2. The number of nitrogens with zero attached hydrogens (tertiary/aromatic N) is 1. The third kappa shape index (κ3) is 2.57. The fraction of sp³-hybridized carbons (Fsp3) is 0.125. The van der Waals surface area contributed by atoms with Crippen LogP contribution in [0.2, 0.25) is 15.1 Å². The van der Waals surface area contributed by atoms with Gasteiger partial charge in [-0.1, -0.05) is 53.0 Å². The summed E-state index contributed by atoms with van der Waals surface area (Å²) in [5, 5.41) is 3.69. The summed E-state index contributed by atoms with van der Waals surface area (Å²) in [6.07, 6.45) is 0. The first-order chi connectivity index (χ1) is 10.8. The van der Waals surface area contributed by atoms with Gasteiger partial charge in [0.1, 0.15) is 5.54 Å². The van der Waals surface area contributed by atoms with E-state index in [0.717, 1.165) is 4.90 Å². The van der Waals surface area contributed by atoms with E-state index < -0.39 is 17.5 Å². The first kappa shape index (κ1) is 16.1. The third-order valence-electron chi connectivity index (χ3n) is 3.78. The summed E-state index contributed by atoms with van der Waals surface area (Å²) in [5.74, 6) is -0.436. The number of imide groups is 1. The summed E-state index contributed by atoms with van der Waals surface area (Å²) in [4.78, 5) is 26.3. The van der Waals surface area contributed by atoms with Gasteiger partial charge in [0.15, 0.2) is 0 Å². The Hall–Kier alpha value is -1.75. The molecule has 23 heavy (non-hydrogen) atoms. The van der Waals surface area contributed by atoms with Gasteiger partial charge in [-0.2, -0.15) is 0 Å². The maximum atomic E-state index is 12.9. The van der Waals surface area contributed by atoms with E-state index >= 15 is 0 Å². The van der Waals surface area contributed by atoms with Crippen LogP contribution in [0.4, 0.5) is 10.5 Å². The molecule has 1 saturated heterocycles. The Morgan fingerprint density at radius 1 is 0.957 bits per heavy atom. The van der Waals surface area contributed by atoms with Gasteiger partial charge in [-0.25, -0.2) is 9.69 Å². The average Bonchev–Trinajstić information content (AvgIpc) is 2.74. The van der Waals surface area contributed by atoms with Gasteiger partial charge in [0.05, 0.1) is 20.8 Å². The van der Waals surface area contributed by atoms with Crippen LogP contribution in [-0.2, 0) is 10.3 Å². The molecule has 2 aromatic carbocycles. The van der Waals surface area contributed by atoms with Crippen LogP contribution in [0.3, 0.4) is 0 Å². The molecule has 0 spiro atoms. The molecule has 1 atom stereocenters. The zero-order valence-electron chi connectivity index (χ0n) is 11.9. The van der Waals surface area contributed by atoms with Crippen molar-refractivity contribution in [2.45, 2.75) is 12.5 Å². The number of urea groups is 1. The zero-order chi connectivity index (χ0) is 16.8. The van der Waals surface area contributed by atoms with Gasteiger partial charge in [0.25, 0.3) is 5.91 Å². The highest BCUT2D eigenvalue weighted by molar-refractivity contribution is 6.42. The number of rotatable bonds is 2. The number of halogens is 3. The molecule has 4 nitrogen and oxygen atoms in total. The fourth-order valence-electron chi connectivity index (χ4n) is 2.49. The van der Waals surface area contributed by atoms with E-state index in [4.69, 9.17) is 34.8 Å². The van der Waals surface area contributed by atoms with E-state index in [1.807, 2.05) is 0 Å². The molecule has 0 aliphatic carbocycles. The molecular weight excluding hydrogens is 359 g/mol. The molecule has 3 rings (SSSR count). The molecule has 2 aromatic rings. The van der Waals surface area contributed by atoms with Crippen LogP contribution in [0.5, 0.6) is 0 Å². The predicted molar refractivity (Wildman–Crippen MR) is 91.3 cm³/mol. The molecule has 1 N–H and O–H groups in total. The third-order valence-corrected chi connectivity index (χ3v) is 4.84. The number of carbonyl (C=O) groups is 2. The van der Waals surface area contributed by atoms with Crippen LogP contribution in [0.15, 0.2) is 42.5 Å². The number of nitrogens with one attached hydrogen (secondary N) is 1. The molecule has 3 amide bonds. The summed E-state index contributed by atoms with van der Waals surface area (Å²) in [6.45, 7) is 1.61. The Balaban J connectivity index is 2.07. The fourth-order valence-corrected chi connectivity index (χ4v) is 3.01. The Morgan fingerprint density at radius 3 is 2.30 bits per heavy atom. The molecule has 0 aromatic heterocycles. The minimum Gasteiger partial charge on any atom is -0.319 e. The molecule has 0 radical (unpaired) electrons. The van der Waals surface area contributed by atoms with E-state index in [0.29, 0.717) is 26.3 Å². The van der Waals surface area contributed by atoms with Crippen molar-refractivity contribution in [1.29, 1.82) is 0 Å². The minimum atomic E-state index is -1.25. The van der Waals surface area contributed by atoms with Crippen molar-refractivity contribution < 1.29 is 9.59 Å². The van der Waals surface area contributed by atoms with Crippen LogP contribution in [0, 0.1) is 0 Å². The first-order valence-electron chi connectivity index (χ1n) is 6.71. The summed E-state index contributed by atoms with van der Waals surface area (Å²) < 4.78 is 0. The van der Waals surface area contributed by atoms with Gasteiger partial charge in [0, 0.05) is 0 Å². The Bertz CT molecular complexity index is 825. The van der Waals surface area contributed by atoms with Gasteiger partial charge >= 0.3 is 6.03 Å². The molecule has 1 heterocycles. The molecule has 0 saturated carbocycles. The monoisotopic (exact) mass is 368 g/mol. The molecule has 118 valence electrons. The number of hydrogen-bond acceptors (Lipinski definition) is 2. The smallest absolute Gasteiger partial charge is 0.319 e. The van der Waals surface area contributed by atoms with Gasteiger partial charge < -0.3 is 5.32 Å². The first-order valence-corrected chi connectivity index (χ1v) is 7.85. The maximum Gasteiger partial charge on any atom is 0.330 e. The summed E-state index contributed by atoms with van der Waals surface area (Å²) in [5.41, 5.74) is -0.370. The lowest BCUT2D eigenvalue weighted by Crippen LogP contribution is -2.41. The second-order valence-corrected chi connectivity index (χ2v) is 6.50. The number of anilines is 1. The van der Waals surface area contributed by atoms with Gasteiger partial charge in [0.2, 0.25) is 0 Å². The lowest BCUT2D eigenvalue weighted by atomic mass is 9.92. The normalized spacial score (nSPS) is 20.8. The van der Waals surface area contributed by atoms with Gasteiger partial charge in [-0.3, -0.25) is 4.79 Å². The second-order valence-electron chi connectivity index (χ2n) is 5.28. The summed E-state index contributed by atoms with van der Waals surface area (Å²) in [7, 11) is 0. The maximum absolute atomic E-state index is 12.9. The predicted octanol–water partition coefficient (Wildman–Crippen LogP) is 4.62. The van der Waals surface area contributed by atoms with Gasteiger partial charge in [-0.05, 0) is 36.8 Å². The van der Waals surface area contributed by atoms with Crippen LogP contribution < -0.4 is 10.2 Å². The van der Waals surface area contributed by atoms with Crippen LogP contribution in [0.1, 0.15) is 12.5 Å². The lowest BCUT2D eigenvalue weighted by molar-refractivity contribution is -0.121. The van der Waals surface area contributed by atoms with Crippen molar-refractivity contribution >= 4 is 52.4 Å². The van der Waals surface area contributed by atoms with E-state index in [9.17, 15) is 9.59 Å². The van der Waals surface area contributed by atoms with E-state index in [-0.39, 0.29) is 0 Å². The molecule has 1 aliphatic rings. The number of benzene rings is 2. The van der Waals surface area contributed by atoms with Crippen molar-refractivity contribution in [2.75, 3.05) is 4.90 Å². The van der Waals surface area contributed by atoms with Crippen LogP contribution in [0.25, 0.3) is 0 Å². The van der Waals surface area contributed by atoms with Crippen molar-refractivity contribution in [3.05, 3.63) is 63.1 Å². The SMILES string of the molecule is C[C@]1(c2ccc(Cl)c(Cl)c2)NC(=O)N(c2ccccc2Cl)C1=O. The Kier molecular flexibility index (Phi) is 4.00. The molecule has 0 unspecified atom stereocenters. The standard InChI is InChI=1S/C16H11Cl3N2O2/c1-16(9-6-7-10(17)12(19)8-9)14(22)21(15(23)20-16)13-5-3-2-4-11(13)18/h2-8H,1H3,(H,20,23)/t16-/m1/s1. The van der Waals surface area contributed by atoms with Crippen LogP contribution >= 0.6 is 34.8 Å². The molecular formula is C16H11Cl3N2O2. The largest absolute Gasteiger partial charge is 0.330 e. The molecule has 0 bridgehead atoms. The topological polar surface area (TPSA) is 49.4 Å². The summed E-state index contributed by atoms with van der Waals surface area (Å²) >= 11 is 18.0. The second kappa shape index (κ2) is 5.71. The quantitative estimate of drug-likeness (QED) is 0.785. The molecule has 1 fully saturated rings. The average molecular weight is 370 g/mol. The number of hydrogen-bond donors (Lipinski definition) is 1. The highest BCUT2D eigenvalue weighted by Gasteiger charge is 2.50. The number of amides is 3. The van der Waals surface area contributed by atoms with Crippen molar-refractivity contribution in [3.63, 3.8) is 0 Å². The molecule has 1 aliphatic heterocycles.